The van der Waals surface area contributed by atoms with Crippen LogP contribution in [0, 0.1) is 5.92 Å². The Bertz CT molecular complexity index is 1940. The summed E-state index contributed by atoms with van der Waals surface area (Å²) in [7, 11) is 0. The molecule has 10 nitrogen and oxygen atoms in total. The lowest BCUT2D eigenvalue weighted by atomic mass is 10.1. The molecule has 55 heavy (non-hydrogen) atoms. The molecule has 0 saturated carbocycles. The molecule has 0 saturated heterocycles. The Morgan fingerprint density at radius 1 is 0.455 bits per heavy atom. The summed E-state index contributed by atoms with van der Waals surface area (Å²) in [6.07, 6.45) is 14.3. The van der Waals surface area contributed by atoms with Gasteiger partial charge < -0.3 is 28.4 Å². The number of ether oxygens (including phenoxy) is 6. The predicted octanol–water partition coefficient (Wildman–Crippen LogP) is 8.85. The van der Waals surface area contributed by atoms with E-state index < -0.39 is 23.9 Å². The highest BCUT2D eigenvalue weighted by Crippen LogP contribution is 2.19. The molecule has 11 rings (SSSR count). The third kappa shape index (κ3) is 14.2. The second-order valence-corrected chi connectivity index (χ2v) is 12.8. The van der Waals surface area contributed by atoms with Crippen LogP contribution in [0.1, 0.15) is 70.9 Å². The first-order valence-electron chi connectivity index (χ1n) is 18.3. The van der Waals surface area contributed by atoms with Gasteiger partial charge >= 0.3 is 23.9 Å². The molecule has 0 radical (unpaired) electrons. The Hall–Kier alpha value is -6.42. The maximum atomic E-state index is 12.6. The van der Waals surface area contributed by atoms with Crippen molar-refractivity contribution in [3.05, 3.63) is 144 Å². The Labute approximate surface area is 321 Å². The smallest absolute Gasteiger partial charge is 0.338 e. The third-order valence-electron chi connectivity index (χ3n) is 8.28. The molecular weight excluding hydrogens is 700 g/mol. The summed E-state index contributed by atoms with van der Waals surface area (Å²) >= 11 is 0. The maximum absolute atomic E-state index is 12.6. The lowest BCUT2D eigenvalue weighted by molar-refractivity contribution is -0.129. The summed E-state index contributed by atoms with van der Waals surface area (Å²) in [6.45, 7) is 3.30. The maximum Gasteiger partial charge on any atom is 0.338 e. The van der Waals surface area contributed by atoms with E-state index in [0.29, 0.717) is 30.8 Å². The first-order chi connectivity index (χ1) is 26.8. The minimum absolute atomic E-state index is 0.0829. The van der Waals surface area contributed by atoms with Crippen molar-refractivity contribution in [3.63, 3.8) is 0 Å². The molecule has 284 valence electrons. The summed E-state index contributed by atoms with van der Waals surface area (Å²) in [5.74, 6) is -0.188. The van der Waals surface area contributed by atoms with Crippen LogP contribution < -0.4 is 18.9 Å². The van der Waals surface area contributed by atoms with Crippen LogP contribution in [0.3, 0.4) is 0 Å². The van der Waals surface area contributed by atoms with Gasteiger partial charge in [-0.05, 0) is 134 Å². The molecule has 4 aromatic rings. The Morgan fingerprint density at radius 3 is 1.33 bits per heavy atom. The minimum Gasteiger partial charge on any atom is -0.494 e. The van der Waals surface area contributed by atoms with Crippen LogP contribution in [0.15, 0.2) is 121 Å². The minimum atomic E-state index is -0.559. The van der Waals surface area contributed by atoms with Crippen LogP contribution in [-0.2, 0) is 19.1 Å². The number of hydrogen-bond donors (Lipinski definition) is 0. The molecule has 0 spiro atoms. The van der Waals surface area contributed by atoms with Crippen molar-refractivity contribution in [2.24, 2.45) is 5.92 Å². The van der Waals surface area contributed by atoms with Crippen LogP contribution >= 0.6 is 0 Å². The number of rotatable bonds is 0. The molecule has 4 aromatic carbocycles. The van der Waals surface area contributed by atoms with Crippen molar-refractivity contribution in [2.45, 2.75) is 39.0 Å². The van der Waals surface area contributed by atoms with Crippen molar-refractivity contribution in [1.82, 2.24) is 0 Å². The number of carbonyl (C=O) groups is 4. The molecule has 8 bridgehead atoms. The van der Waals surface area contributed by atoms with Gasteiger partial charge in [0.15, 0.2) is 0 Å². The highest BCUT2D eigenvalue weighted by molar-refractivity contribution is 5.91. The lowest BCUT2D eigenvalue weighted by Crippen LogP contribution is -2.15. The van der Waals surface area contributed by atoms with E-state index in [4.69, 9.17) is 28.4 Å². The largest absolute Gasteiger partial charge is 0.494 e. The van der Waals surface area contributed by atoms with Crippen molar-refractivity contribution in [1.29, 1.82) is 0 Å². The van der Waals surface area contributed by atoms with Crippen LogP contribution in [0.5, 0.6) is 23.0 Å². The van der Waals surface area contributed by atoms with Gasteiger partial charge in [-0.1, -0.05) is 43.3 Å². The van der Waals surface area contributed by atoms with Gasteiger partial charge in [-0.2, -0.15) is 0 Å². The average Bonchev–Trinajstić information content (AvgIpc) is 3.20. The van der Waals surface area contributed by atoms with Gasteiger partial charge in [-0.15, -0.1) is 0 Å². The SMILES string of the molecule is C[C@@H]1CCOC(=O)c2ccc(cc2)OC(=O)C=Cc2ccc(cc2)OCCCC=CCCCOc2ccc(cc2)C=CC(=O)Oc2ccc(cc2)C(=O)OC1. The van der Waals surface area contributed by atoms with Gasteiger partial charge in [0, 0.05) is 12.2 Å². The van der Waals surface area contributed by atoms with Gasteiger partial charge in [0.05, 0.1) is 37.6 Å². The van der Waals surface area contributed by atoms with E-state index >= 15 is 0 Å². The quantitative estimate of drug-likeness (QED) is 0.0980. The van der Waals surface area contributed by atoms with Crippen molar-refractivity contribution < 1.29 is 47.6 Å². The zero-order valence-corrected chi connectivity index (χ0v) is 30.7. The van der Waals surface area contributed by atoms with Crippen LogP contribution in [0.4, 0.5) is 0 Å². The second kappa shape index (κ2) is 21.3. The second-order valence-electron chi connectivity index (χ2n) is 12.8. The first kappa shape index (κ1) is 39.8. The molecule has 10 heteroatoms. The molecule has 0 N–H and O–H groups in total. The first-order valence-corrected chi connectivity index (χ1v) is 18.3. The van der Waals surface area contributed by atoms with Crippen LogP contribution in [0.25, 0.3) is 12.2 Å². The zero-order chi connectivity index (χ0) is 38.7. The van der Waals surface area contributed by atoms with E-state index in [9.17, 15) is 19.2 Å². The van der Waals surface area contributed by atoms with E-state index in [2.05, 4.69) is 12.2 Å². The standard InChI is InChI=1S/C45H44O10/c1-33-28-31-52-44(48)36-14-22-40(23-15-36)54-42(46)26-12-34-8-18-38(19-9-34)50-29-6-4-2-3-5-7-30-51-39-20-10-35(11-21-39)13-27-43(47)55-41-24-16-37(17-25-41)45(49)53-32-33/h2-3,8-27,33H,4-7,28-32H2,1H3/t33-/m1/s1. The number of hydrogen-bond acceptors (Lipinski definition) is 10. The predicted molar refractivity (Wildman–Crippen MR) is 208 cm³/mol. The van der Waals surface area contributed by atoms with Gasteiger partial charge in [0.25, 0.3) is 0 Å². The molecular formula is C45H44O10. The van der Waals surface area contributed by atoms with Gasteiger partial charge in [-0.25, -0.2) is 19.2 Å². The van der Waals surface area contributed by atoms with Crippen molar-refractivity contribution in [2.75, 3.05) is 26.4 Å². The monoisotopic (exact) mass is 744 g/mol. The molecule has 0 amide bonds. The van der Waals surface area contributed by atoms with Crippen molar-refractivity contribution >= 4 is 36.0 Å². The fraction of sp³-hybridized carbons (Fsp3) is 0.244. The van der Waals surface area contributed by atoms with Crippen molar-refractivity contribution in [3.8, 4) is 23.0 Å². The van der Waals surface area contributed by atoms with Gasteiger partial charge in [-0.3, -0.25) is 0 Å². The average molecular weight is 745 g/mol. The lowest BCUT2D eigenvalue weighted by Gasteiger charge is -2.13. The molecule has 1 atom stereocenters. The van der Waals surface area contributed by atoms with Gasteiger partial charge in [0.2, 0.25) is 0 Å². The molecule has 0 aromatic heterocycles. The zero-order valence-electron chi connectivity index (χ0n) is 30.7. The van der Waals surface area contributed by atoms with E-state index in [1.54, 1.807) is 12.2 Å². The topological polar surface area (TPSA) is 124 Å². The summed E-state index contributed by atoms with van der Waals surface area (Å²) in [6, 6.07) is 27.0. The van der Waals surface area contributed by atoms with E-state index in [-0.39, 0.29) is 30.6 Å². The molecule has 0 aliphatic carbocycles. The Balaban J connectivity index is 1.15. The summed E-state index contributed by atoms with van der Waals surface area (Å²) in [5.41, 5.74) is 2.24. The highest BCUT2D eigenvalue weighted by Gasteiger charge is 2.13. The Kier molecular flexibility index (Phi) is 15.4. The fourth-order valence-corrected chi connectivity index (χ4v) is 5.14. The van der Waals surface area contributed by atoms with E-state index in [1.165, 1.54) is 60.7 Å². The number of allylic oxidation sites excluding steroid dienone is 2. The van der Waals surface area contributed by atoms with Crippen LogP contribution in [-0.4, -0.2) is 50.3 Å². The number of esters is 4. The summed E-state index contributed by atoms with van der Waals surface area (Å²) in [4.78, 5) is 49.9. The molecule has 7 heterocycles. The third-order valence-corrected chi connectivity index (χ3v) is 8.28. The Morgan fingerprint density at radius 2 is 0.873 bits per heavy atom. The number of carbonyl (C=O) groups excluding carboxylic acids is 4. The fourth-order valence-electron chi connectivity index (χ4n) is 5.14. The molecule has 7 aliphatic heterocycles. The normalized spacial score (nSPS) is 17.1. The van der Waals surface area contributed by atoms with Gasteiger partial charge in [0.1, 0.15) is 23.0 Å². The van der Waals surface area contributed by atoms with E-state index in [1.807, 2.05) is 55.5 Å². The summed E-state index contributed by atoms with van der Waals surface area (Å²) < 4.78 is 33.2. The van der Waals surface area contributed by atoms with E-state index in [0.717, 1.165) is 48.3 Å². The summed E-state index contributed by atoms with van der Waals surface area (Å²) in [5, 5.41) is 0. The highest BCUT2D eigenvalue weighted by atomic mass is 16.5. The molecule has 7 aliphatic rings. The van der Waals surface area contributed by atoms with Crippen LogP contribution in [0.2, 0.25) is 0 Å². The molecule has 0 unspecified atom stereocenters. The number of benzene rings is 4. The molecule has 0 fully saturated rings.